The van der Waals surface area contributed by atoms with Crippen molar-refractivity contribution in [3.8, 4) is 0 Å². The van der Waals surface area contributed by atoms with E-state index in [1.54, 1.807) is 7.05 Å². The van der Waals surface area contributed by atoms with Crippen LogP contribution in [0, 0.1) is 0 Å². The first-order valence-electron chi connectivity index (χ1n) is 7.75. The largest absolute Gasteiger partial charge is 0.379 e. The summed E-state index contributed by atoms with van der Waals surface area (Å²) in [5, 5.41) is 6.37. The molecule has 0 aliphatic carbocycles. The molecular weight excluding hydrogens is 314 g/mol. The lowest BCUT2D eigenvalue weighted by atomic mass is 10.1. The zero-order valence-electron chi connectivity index (χ0n) is 13.9. The molecule has 0 aliphatic heterocycles. The van der Waals surface area contributed by atoms with Crippen LogP contribution in [0.5, 0.6) is 0 Å². The van der Waals surface area contributed by atoms with Crippen LogP contribution in [0.25, 0.3) is 0 Å². The Labute approximate surface area is 139 Å². The summed E-state index contributed by atoms with van der Waals surface area (Å²) in [7, 11) is -1.23. The molecule has 0 unspecified atom stereocenters. The maximum atomic E-state index is 10.9. The van der Waals surface area contributed by atoms with Crippen molar-refractivity contribution < 1.29 is 13.2 Å². The Kier molecular flexibility index (Phi) is 9.31. The predicted molar refractivity (Wildman–Crippen MR) is 94.7 cm³/mol. The Hall–Kier alpha value is -1.60. The van der Waals surface area contributed by atoms with Gasteiger partial charge in [-0.25, -0.2) is 8.42 Å². The molecule has 0 heterocycles. The van der Waals surface area contributed by atoms with Gasteiger partial charge in [-0.1, -0.05) is 30.3 Å². The van der Waals surface area contributed by atoms with Gasteiger partial charge in [-0.3, -0.25) is 4.99 Å². The highest BCUT2D eigenvalue weighted by Crippen LogP contribution is 2.01. The number of guanidine groups is 1. The van der Waals surface area contributed by atoms with Crippen LogP contribution in [0.1, 0.15) is 12.0 Å². The van der Waals surface area contributed by atoms with E-state index in [1.165, 1.54) is 11.8 Å². The number of rotatable bonds is 10. The number of aryl methyl sites for hydroxylation is 1. The van der Waals surface area contributed by atoms with E-state index in [-0.39, 0.29) is 12.4 Å². The minimum atomic E-state index is -2.95. The highest BCUT2D eigenvalue weighted by molar-refractivity contribution is 7.90. The first-order chi connectivity index (χ1) is 11.0. The summed E-state index contributed by atoms with van der Waals surface area (Å²) in [4.78, 5) is 4.13. The number of hydrogen-bond acceptors (Lipinski definition) is 4. The van der Waals surface area contributed by atoms with Crippen molar-refractivity contribution >= 4 is 15.8 Å². The lowest BCUT2D eigenvalue weighted by molar-refractivity contribution is 0.154. The second-order valence-corrected chi connectivity index (χ2v) is 7.52. The van der Waals surface area contributed by atoms with Gasteiger partial charge >= 0.3 is 0 Å². The third kappa shape index (κ3) is 10.7. The normalized spacial score (nSPS) is 12.2. The molecule has 0 spiro atoms. The van der Waals surface area contributed by atoms with Gasteiger partial charge in [0, 0.05) is 26.4 Å². The molecule has 0 saturated carbocycles. The van der Waals surface area contributed by atoms with Crippen molar-refractivity contribution in [1.82, 2.24) is 10.6 Å². The zero-order chi connectivity index (χ0) is 17.0. The van der Waals surface area contributed by atoms with E-state index in [9.17, 15) is 8.42 Å². The van der Waals surface area contributed by atoms with E-state index in [0.717, 1.165) is 25.3 Å². The van der Waals surface area contributed by atoms with Gasteiger partial charge in [0.1, 0.15) is 9.84 Å². The fourth-order valence-corrected chi connectivity index (χ4v) is 2.34. The SMILES string of the molecule is CN=C(NCCCc1ccccc1)NCCOCCS(C)(=O)=O. The number of ether oxygens (including phenoxy) is 1. The van der Waals surface area contributed by atoms with Crippen LogP contribution < -0.4 is 10.6 Å². The maximum Gasteiger partial charge on any atom is 0.191 e. The summed E-state index contributed by atoms with van der Waals surface area (Å²) in [6.45, 7) is 2.09. The quantitative estimate of drug-likeness (QED) is 0.375. The molecule has 0 bridgehead atoms. The van der Waals surface area contributed by atoms with Crippen LogP contribution in [0.4, 0.5) is 0 Å². The average molecular weight is 341 g/mol. The van der Waals surface area contributed by atoms with Crippen LogP contribution in [-0.4, -0.2) is 59.7 Å². The van der Waals surface area contributed by atoms with Gasteiger partial charge in [-0.2, -0.15) is 0 Å². The van der Waals surface area contributed by atoms with Gasteiger partial charge in [0.2, 0.25) is 0 Å². The molecule has 0 fully saturated rings. The van der Waals surface area contributed by atoms with Crippen LogP contribution in [0.15, 0.2) is 35.3 Å². The summed E-state index contributed by atoms with van der Waals surface area (Å²) in [5.74, 6) is 0.782. The molecule has 0 aromatic heterocycles. The number of nitrogens with one attached hydrogen (secondary N) is 2. The topological polar surface area (TPSA) is 79.8 Å². The van der Waals surface area contributed by atoms with Crippen LogP contribution in [0.3, 0.4) is 0 Å². The molecule has 0 atom stereocenters. The maximum absolute atomic E-state index is 10.9. The molecular formula is C16H27N3O3S. The lowest BCUT2D eigenvalue weighted by Crippen LogP contribution is -2.39. The monoisotopic (exact) mass is 341 g/mol. The average Bonchev–Trinajstić information content (AvgIpc) is 2.52. The highest BCUT2D eigenvalue weighted by Gasteiger charge is 2.01. The Bertz CT molecular complexity index is 559. The van der Waals surface area contributed by atoms with Crippen LogP contribution in [-0.2, 0) is 21.0 Å². The molecule has 0 saturated heterocycles. The Morgan fingerprint density at radius 2 is 1.83 bits per heavy atom. The van der Waals surface area contributed by atoms with Crippen molar-refractivity contribution in [2.45, 2.75) is 12.8 Å². The number of benzene rings is 1. The van der Waals surface area contributed by atoms with E-state index in [0.29, 0.717) is 13.2 Å². The van der Waals surface area contributed by atoms with Crippen molar-refractivity contribution in [2.75, 3.05) is 45.4 Å². The number of hydrogen-bond donors (Lipinski definition) is 2. The van der Waals surface area contributed by atoms with E-state index in [1.807, 2.05) is 18.2 Å². The number of aliphatic imine (C=N–C) groups is 1. The van der Waals surface area contributed by atoms with Crippen LogP contribution in [0.2, 0.25) is 0 Å². The molecule has 0 amide bonds. The Balaban J connectivity index is 2.06. The molecule has 2 N–H and O–H groups in total. The van der Waals surface area contributed by atoms with Gasteiger partial charge in [0.15, 0.2) is 5.96 Å². The minimum absolute atomic E-state index is 0.0550. The number of nitrogens with zero attached hydrogens (tertiary/aromatic N) is 1. The smallest absolute Gasteiger partial charge is 0.191 e. The molecule has 0 radical (unpaired) electrons. The van der Waals surface area contributed by atoms with Gasteiger partial charge in [-0.05, 0) is 18.4 Å². The number of sulfone groups is 1. The van der Waals surface area contributed by atoms with Crippen molar-refractivity contribution in [1.29, 1.82) is 0 Å². The summed E-state index contributed by atoms with van der Waals surface area (Å²) < 4.78 is 27.1. The van der Waals surface area contributed by atoms with Crippen molar-refractivity contribution in [3.05, 3.63) is 35.9 Å². The zero-order valence-corrected chi connectivity index (χ0v) is 14.7. The molecule has 23 heavy (non-hydrogen) atoms. The van der Waals surface area contributed by atoms with Gasteiger partial charge < -0.3 is 15.4 Å². The summed E-state index contributed by atoms with van der Waals surface area (Å²) >= 11 is 0. The van der Waals surface area contributed by atoms with Gasteiger partial charge in [0.05, 0.1) is 19.0 Å². The van der Waals surface area contributed by atoms with Crippen molar-refractivity contribution in [2.24, 2.45) is 4.99 Å². The molecule has 7 heteroatoms. The summed E-state index contributed by atoms with van der Waals surface area (Å²) in [5.41, 5.74) is 1.33. The van der Waals surface area contributed by atoms with E-state index in [4.69, 9.17) is 4.74 Å². The molecule has 6 nitrogen and oxygen atoms in total. The Morgan fingerprint density at radius 1 is 1.13 bits per heavy atom. The molecule has 1 rings (SSSR count). The molecule has 1 aromatic rings. The van der Waals surface area contributed by atoms with Gasteiger partial charge in [0.25, 0.3) is 0 Å². The van der Waals surface area contributed by atoms with Crippen molar-refractivity contribution in [3.63, 3.8) is 0 Å². The first kappa shape index (κ1) is 19.4. The fraction of sp³-hybridized carbons (Fsp3) is 0.562. The Morgan fingerprint density at radius 3 is 2.48 bits per heavy atom. The van der Waals surface area contributed by atoms with Gasteiger partial charge in [-0.15, -0.1) is 0 Å². The second kappa shape index (κ2) is 11.0. The fourth-order valence-electron chi connectivity index (χ4n) is 1.92. The van der Waals surface area contributed by atoms with E-state index >= 15 is 0 Å². The van der Waals surface area contributed by atoms with E-state index in [2.05, 4.69) is 27.8 Å². The first-order valence-corrected chi connectivity index (χ1v) is 9.81. The minimum Gasteiger partial charge on any atom is -0.379 e. The summed E-state index contributed by atoms with van der Waals surface area (Å²) in [6.07, 6.45) is 3.25. The molecule has 1 aromatic carbocycles. The summed E-state index contributed by atoms with van der Waals surface area (Å²) in [6, 6.07) is 10.4. The van der Waals surface area contributed by atoms with Crippen LogP contribution >= 0.6 is 0 Å². The van der Waals surface area contributed by atoms with E-state index < -0.39 is 9.84 Å². The lowest BCUT2D eigenvalue weighted by Gasteiger charge is -2.12. The highest BCUT2D eigenvalue weighted by atomic mass is 32.2. The third-order valence-electron chi connectivity index (χ3n) is 3.14. The molecule has 130 valence electrons. The molecule has 0 aliphatic rings. The predicted octanol–water partition coefficient (Wildman–Crippen LogP) is 0.845. The second-order valence-electron chi connectivity index (χ2n) is 5.26. The third-order valence-corrected chi connectivity index (χ3v) is 4.05. The standard InChI is InChI=1S/C16H27N3O3S/c1-17-16(19-11-12-22-13-14-23(2,20)21)18-10-6-9-15-7-4-3-5-8-15/h3-5,7-8H,6,9-14H2,1-2H3,(H2,17,18,19).